The zero-order valence-corrected chi connectivity index (χ0v) is 18.6. The van der Waals surface area contributed by atoms with Crippen LogP contribution in [0.1, 0.15) is 32.4 Å². The maximum absolute atomic E-state index is 13.4. The highest BCUT2D eigenvalue weighted by molar-refractivity contribution is 7.92. The molecule has 164 valence electrons. The van der Waals surface area contributed by atoms with Crippen molar-refractivity contribution in [3.63, 3.8) is 0 Å². The molecule has 1 aromatic rings. The van der Waals surface area contributed by atoms with Crippen molar-refractivity contribution in [1.82, 2.24) is 15.5 Å². The minimum atomic E-state index is -3.23. The maximum atomic E-state index is 13.4. The fraction of sp³-hybridized carbons (Fsp3) is 0.650. The molecule has 0 bridgehead atoms. The van der Waals surface area contributed by atoms with Crippen LogP contribution in [0.5, 0.6) is 0 Å². The van der Waals surface area contributed by atoms with Crippen LogP contribution in [0.4, 0.5) is 4.39 Å². The Morgan fingerprint density at radius 3 is 2.41 bits per heavy atom. The third-order valence-corrected chi connectivity index (χ3v) is 7.31. The zero-order valence-electron chi connectivity index (χ0n) is 17.7. The Hall–Kier alpha value is -1.71. The van der Waals surface area contributed by atoms with Crippen LogP contribution in [-0.4, -0.2) is 76.2 Å². The Morgan fingerprint density at radius 1 is 1.24 bits per heavy atom. The molecule has 9 heteroatoms. The number of benzene rings is 1. The summed E-state index contributed by atoms with van der Waals surface area (Å²) in [5.74, 6) is 0.296. The molecule has 0 spiro atoms. The van der Waals surface area contributed by atoms with Crippen molar-refractivity contribution >= 4 is 15.8 Å². The summed E-state index contributed by atoms with van der Waals surface area (Å²) in [7, 11) is -3.23. The van der Waals surface area contributed by atoms with Crippen LogP contribution < -0.4 is 10.6 Å². The van der Waals surface area contributed by atoms with Gasteiger partial charge in [-0.3, -0.25) is 9.89 Å². The maximum Gasteiger partial charge on any atom is 0.191 e. The molecular formula is C20H33FN4O3S. The minimum absolute atomic E-state index is 0.0197. The van der Waals surface area contributed by atoms with Gasteiger partial charge in [-0.1, -0.05) is 12.1 Å². The lowest BCUT2D eigenvalue weighted by atomic mass is 10.0. The Labute approximate surface area is 173 Å². The third-order valence-electron chi connectivity index (χ3n) is 5.17. The summed E-state index contributed by atoms with van der Waals surface area (Å²) in [4.78, 5) is 6.79. The summed E-state index contributed by atoms with van der Waals surface area (Å²) in [6.45, 7) is 9.56. The number of ether oxygens (including phenoxy) is 1. The molecule has 0 aliphatic carbocycles. The number of halogens is 1. The van der Waals surface area contributed by atoms with E-state index in [1.54, 1.807) is 26.0 Å². The van der Waals surface area contributed by atoms with Gasteiger partial charge in [0.2, 0.25) is 0 Å². The van der Waals surface area contributed by atoms with E-state index in [0.717, 1.165) is 18.7 Å². The quantitative estimate of drug-likeness (QED) is 0.483. The number of morpholine rings is 1. The van der Waals surface area contributed by atoms with E-state index in [9.17, 15) is 12.8 Å². The number of hydrogen-bond acceptors (Lipinski definition) is 5. The van der Waals surface area contributed by atoms with Gasteiger partial charge in [-0.15, -0.1) is 0 Å². The summed E-state index contributed by atoms with van der Waals surface area (Å²) in [5.41, 5.74) is 1.01. The molecule has 2 rings (SSSR count). The van der Waals surface area contributed by atoms with Crippen molar-refractivity contribution in [1.29, 1.82) is 0 Å². The van der Waals surface area contributed by atoms with Crippen LogP contribution in [0.3, 0.4) is 0 Å². The van der Waals surface area contributed by atoms with Crippen molar-refractivity contribution < 1.29 is 17.5 Å². The molecule has 2 N–H and O–H groups in total. The van der Waals surface area contributed by atoms with Gasteiger partial charge in [0.05, 0.1) is 30.5 Å². The smallest absolute Gasteiger partial charge is 0.191 e. The Kier molecular flexibility index (Phi) is 8.42. The van der Waals surface area contributed by atoms with E-state index >= 15 is 0 Å². The van der Waals surface area contributed by atoms with Crippen molar-refractivity contribution in [2.24, 2.45) is 4.99 Å². The SMILES string of the molecule is CCNC(=NCC(C)(C)S(C)(=O)=O)NCC(c1ccc(F)cc1)N1CCOCC1. The second-order valence-corrected chi connectivity index (χ2v) is 10.5. The number of hydrogen-bond donors (Lipinski definition) is 2. The van der Waals surface area contributed by atoms with Crippen LogP contribution >= 0.6 is 0 Å². The van der Waals surface area contributed by atoms with E-state index in [4.69, 9.17) is 4.74 Å². The second kappa shape index (κ2) is 10.4. The molecular weight excluding hydrogens is 395 g/mol. The van der Waals surface area contributed by atoms with Crippen molar-refractivity contribution in [3.8, 4) is 0 Å². The second-order valence-electron chi connectivity index (χ2n) is 7.82. The lowest BCUT2D eigenvalue weighted by Gasteiger charge is -2.35. The molecule has 0 amide bonds. The molecule has 1 fully saturated rings. The summed E-state index contributed by atoms with van der Waals surface area (Å²) < 4.78 is 41.8. The zero-order chi connectivity index (χ0) is 21.5. The summed E-state index contributed by atoms with van der Waals surface area (Å²) >= 11 is 0. The van der Waals surface area contributed by atoms with E-state index in [0.29, 0.717) is 32.3 Å². The van der Waals surface area contributed by atoms with Crippen molar-refractivity contribution in [3.05, 3.63) is 35.6 Å². The lowest BCUT2D eigenvalue weighted by molar-refractivity contribution is 0.0170. The van der Waals surface area contributed by atoms with Crippen LogP contribution in [0.15, 0.2) is 29.3 Å². The average Bonchev–Trinajstić information content (AvgIpc) is 2.67. The molecule has 1 unspecified atom stereocenters. The Morgan fingerprint density at radius 2 is 1.86 bits per heavy atom. The molecule has 1 aliphatic rings. The first kappa shape index (κ1) is 23.6. The largest absolute Gasteiger partial charge is 0.379 e. The Bertz CT molecular complexity index is 775. The minimum Gasteiger partial charge on any atom is -0.379 e. The normalized spacial score (nSPS) is 17.8. The van der Waals surface area contributed by atoms with E-state index in [2.05, 4.69) is 20.5 Å². The molecule has 1 aliphatic heterocycles. The van der Waals surface area contributed by atoms with Gasteiger partial charge in [-0.05, 0) is 38.5 Å². The summed E-state index contributed by atoms with van der Waals surface area (Å²) in [5, 5.41) is 6.49. The van der Waals surface area contributed by atoms with Crippen molar-refractivity contribution in [2.75, 3.05) is 52.2 Å². The van der Waals surface area contributed by atoms with Gasteiger partial charge < -0.3 is 15.4 Å². The molecule has 7 nitrogen and oxygen atoms in total. The van der Waals surface area contributed by atoms with Crippen LogP contribution in [-0.2, 0) is 14.6 Å². The highest BCUT2D eigenvalue weighted by Crippen LogP contribution is 2.22. The molecule has 1 atom stereocenters. The number of nitrogens with zero attached hydrogens (tertiary/aromatic N) is 2. The molecule has 0 saturated carbocycles. The van der Waals surface area contributed by atoms with Gasteiger partial charge in [0.15, 0.2) is 15.8 Å². The Balaban J connectivity index is 2.15. The molecule has 1 saturated heterocycles. The fourth-order valence-corrected chi connectivity index (χ4v) is 3.25. The molecule has 0 radical (unpaired) electrons. The monoisotopic (exact) mass is 428 g/mol. The molecule has 0 aromatic heterocycles. The van der Waals surface area contributed by atoms with Gasteiger partial charge in [-0.2, -0.15) is 0 Å². The van der Waals surface area contributed by atoms with Gasteiger partial charge >= 0.3 is 0 Å². The van der Waals surface area contributed by atoms with Crippen LogP contribution in [0.2, 0.25) is 0 Å². The number of sulfone groups is 1. The van der Waals surface area contributed by atoms with Crippen LogP contribution in [0.25, 0.3) is 0 Å². The predicted molar refractivity (Wildman–Crippen MR) is 114 cm³/mol. The van der Waals surface area contributed by atoms with Gasteiger partial charge in [0.25, 0.3) is 0 Å². The number of aliphatic imine (C=N–C) groups is 1. The number of guanidine groups is 1. The topological polar surface area (TPSA) is 83.0 Å². The van der Waals surface area contributed by atoms with E-state index in [-0.39, 0.29) is 18.4 Å². The third kappa shape index (κ3) is 6.94. The van der Waals surface area contributed by atoms with Gasteiger partial charge in [0, 0.05) is 32.4 Å². The van der Waals surface area contributed by atoms with E-state index < -0.39 is 14.6 Å². The highest BCUT2D eigenvalue weighted by Gasteiger charge is 2.30. The standard InChI is InChI=1S/C20H33FN4O3S/c1-5-22-19(24-15-20(2,3)29(4,26)27)23-14-18(25-10-12-28-13-11-25)16-6-8-17(21)9-7-16/h6-9,18H,5,10-15H2,1-4H3,(H2,22,23,24). The average molecular weight is 429 g/mol. The first-order chi connectivity index (χ1) is 13.6. The molecule has 1 heterocycles. The summed E-state index contributed by atoms with van der Waals surface area (Å²) in [6.07, 6.45) is 1.23. The van der Waals surface area contributed by atoms with Crippen LogP contribution in [0, 0.1) is 5.82 Å². The summed E-state index contributed by atoms with van der Waals surface area (Å²) in [6, 6.07) is 6.56. The number of rotatable bonds is 8. The molecule has 29 heavy (non-hydrogen) atoms. The lowest BCUT2D eigenvalue weighted by Crippen LogP contribution is -2.47. The first-order valence-corrected chi connectivity index (χ1v) is 11.8. The first-order valence-electron chi connectivity index (χ1n) is 9.93. The molecule has 1 aromatic carbocycles. The van der Waals surface area contributed by atoms with Crippen molar-refractivity contribution in [2.45, 2.75) is 31.6 Å². The van der Waals surface area contributed by atoms with Gasteiger partial charge in [0.1, 0.15) is 5.82 Å². The van der Waals surface area contributed by atoms with E-state index in [1.807, 2.05) is 6.92 Å². The number of nitrogens with one attached hydrogen (secondary N) is 2. The highest BCUT2D eigenvalue weighted by atomic mass is 32.2. The van der Waals surface area contributed by atoms with E-state index in [1.165, 1.54) is 18.4 Å². The fourth-order valence-electron chi connectivity index (χ4n) is 2.95. The predicted octanol–water partition coefficient (Wildman–Crippen LogP) is 1.58. The van der Waals surface area contributed by atoms with Gasteiger partial charge in [-0.25, -0.2) is 12.8 Å².